The number of ether oxygens (including phenoxy) is 2. The maximum atomic E-state index is 12.7. The lowest BCUT2D eigenvalue weighted by atomic mass is 10.2. The van der Waals surface area contributed by atoms with Crippen molar-refractivity contribution in [3.05, 3.63) is 59.4 Å². The zero-order valence-corrected chi connectivity index (χ0v) is 20.5. The van der Waals surface area contributed by atoms with Crippen molar-refractivity contribution in [3.63, 3.8) is 0 Å². The Labute approximate surface area is 201 Å². The Bertz CT molecular complexity index is 1310. The molecule has 0 unspecified atom stereocenters. The van der Waals surface area contributed by atoms with E-state index in [0.717, 1.165) is 22.6 Å². The lowest BCUT2D eigenvalue weighted by Gasteiger charge is -2.08. The van der Waals surface area contributed by atoms with Crippen LogP contribution in [0.5, 0.6) is 11.5 Å². The minimum absolute atomic E-state index is 0.158. The Morgan fingerprint density at radius 1 is 1.09 bits per heavy atom. The molecule has 0 saturated heterocycles. The minimum atomic E-state index is -0.159. The van der Waals surface area contributed by atoms with Crippen LogP contribution in [0, 0.1) is 20.8 Å². The van der Waals surface area contributed by atoms with E-state index in [1.165, 1.54) is 17.3 Å². The molecule has 4 aromatic rings. The maximum Gasteiger partial charge on any atom is 0.234 e. The molecule has 0 aliphatic carbocycles. The molecule has 0 spiro atoms. The molecule has 176 valence electrons. The normalized spacial score (nSPS) is 10.9. The summed E-state index contributed by atoms with van der Waals surface area (Å²) in [5.74, 6) is 1.84. The summed E-state index contributed by atoms with van der Waals surface area (Å²) in [6, 6.07) is 13.5. The van der Waals surface area contributed by atoms with E-state index in [1.54, 1.807) is 20.3 Å². The van der Waals surface area contributed by atoms with Crippen LogP contribution < -0.4 is 14.8 Å². The van der Waals surface area contributed by atoms with E-state index < -0.39 is 0 Å². The molecule has 2 aromatic carbocycles. The van der Waals surface area contributed by atoms with Crippen molar-refractivity contribution in [1.29, 1.82) is 0 Å². The van der Waals surface area contributed by atoms with Gasteiger partial charge in [-0.1, -0.05) is 29.5 Å². The number of H-pyrrole nitrogens is 1. The summed E-state index contributed by atoms with van der Waals surface area (Å²) < 4.78 is 12.5. The molecule has 2 heterocycles. The number of aromatic amines is 1. The van der Waals surface area contributed by atoms with Crippen LogP contribution in [0.2, 0.25) is 0 Å². The maximum absolute atomic E-state index is 12.7. The topological polar surface area (TPSA) is 107 Å². The number of thioether (sulfide) groups is 1. The Morgan fingerprint density at radius 2 is 1.85 bits per heavy atom. The SMILES string of the molecule is COc1ccc(-c2nc(SCC(=O)Nc3c(C)nn(-c4ccc(C)cc4)c3C)n[nH]2)c(OC)c1. The number of hydrogen-bond acceptors (Lipinski definition) is 7. The second-order valence-corrected chi connectivity index (χ2v) is 8.61. The van der Waals surface area contributed by atoms with Crippen LogP contribution in [0.1, 0.15) is 17.0 Å². The van der Waals surface area contributed by atoms with Gasteiger partial charge in [-0.25, -0.2) is 9.67 Å². The molecule has 0 atom stereocenters. The molecular formula is C24H26N6O3S. The van der Waals surface area contributed by atoms with Gasteiger partial charge in [0.15, 0.2) is 5.82 Å². The fourth-order valence-electron chi connectivity index (χ4n) is 3.49. The summed E-state index contributed by atoms with van der Waals surface area (Å²) in [7, 11) is 3.18. The van der Waals surface area contributed by atoms with E-state index in [4.69, 9.17) is 9.47 Å². The Morgan fingerprint density at radius 3 is 2.56 bits per heavy atom. The Hall–Kier alpha value is -3.79. The number of anilines is 1. The number of hydrogen-bond donors (Lipinski definition) is 2. The first-order valence-corrected chi connectivity index (χ1v) is 11.6. The number of methoxy groups -OCH3 is 2. The number of nitrogens with one attached hydrogen (secondary N) is 2. The molecule has 4 rings (SSSR count). The average Bonchev–Trinajstić information content (AvgIpc) is 3.43. The van der Waals surface area contributed by atoms with Crippen LogP contribution in [-0.4, -0.2) is 50.8 Å². The molecule has 0 aliphatic heterocycles. The lowest BCUT2D eigenvalue weighted by Crippen LogP contribution is -2.15. The minimum Gasteiger partial charge on any atom is -0.497 e. The Balaban J connectivity index is 1.42. The third-order valence-electron chi connectivity index (χ3n) is 5.30. The monoisotopic (exact) mass is 478 g/mol. The highest BCUT2D eigenvalue weighted by atomic mass is 32.2. The summed E-state index contributed by atoms with van der Waals surface area (Å²) in [6.45, 7) is 5.86. The highest BCUT2D eigenvalue weighted by molar-refractivity contribution is 7.99. The average molecular weight is 479 g/mol. The fraction of sp³-hybridized carbons (Fsp3) is 0.250. The lowest BCUT2D eigenvalue weighted by molar-refractivity contribution is -0.113. The summed E-state index contributed by atoms with van der Waals surface area (Å²) in [4.78, 5) is 17.1. The van der Waals surface area contributed by atoms with Crippen LogP contribution >= 0.6 is 11.8 Å². The molecule has 9 nitrogen and oxygen atoms in total. The van der Waals surface area contributed by atoms with Crippen molar-refractivity contribution in [2.75, 3.05) is 25.3 Å². The number of rotatable bonds is 8. The van der Waals surface area contributed by atoms with Crippen molar-refractivity contribution in [2.45, 2.75) is 25.9 Å². The molecule has 0 radical (unpaired) electrons. The van der Waals surface area contributed by atoms with Gasteiger partial charge in [-0.3, -0.25) is 9.89 Å². The Kier molecular flexibility index (Phi) is 6.87. The predicted octanol–water partition coefficient (Wildman–Crippen LogP) is 4.33. The first-order chi connectivity index (χ1) is 16.4. The third-order valence-corrected chi connectivity index (χ3v) is 6.14. The molecule has 2 N–H and O–H groups in total. The first kappa shape index (κ1) is 23.4. The van der Waals surface area contributed by atoms with Gasteiger partial charge >= 0.3 is 0 Å². The smallest absolute Gasteiger partial charge is 0.234 e. The largest absolute Gasteiger partial charge is 0.497 e. The quantitative estimate of drug-likeness (QED) is 0.363. The molecular weight excluding hydrogens is 452 g/mol. The summed E-state index contributed by atoms with van der Waals surface area (Å²) in [6.07, 6.45) is 0. The highest BCUT2D eigenvalue weighted by Crippen LogP contribution is 2.32. The van der Waals surface area contributed by atoms with E-state index in [-0.39, 0.29) is 11.7 Å². The molecule has 0 saturated carbocycles. The van der Waals surface area contributed by atoms with Gasteiger partial charge in [-0.05, 0) is 45.0 Å². The van der Waals surface area contributed by atoms with Crippen molar-refractivity contribution >= 4 is 23.4 Å². The van der Waals surface area contributed by atoms with E-state index >= 15 is 0 Å². The summed E-state index contributed by atoms with van der Waals surface area (Å²) >= 11 is 1.24. The zero-order chi connectivity index (χ0) is 24.2. The summed E-state index contributed by atoms with van der Waals surface area (Å²) in [5.41, 5.74) is 5.21. The van der Waals surface area contributed by atoms with Crippen LogP contribution in [0.3, 0.4) is 0 Å². The fourth-order valence-corrected chi connectivity index (χ4v) is 4.09. The van der Waals surface area contributed by atoms with E-state index in [0.29, 0.717) is 28.2 Å². The van der Waals surface area contributed by atoms with Crippen LogP contribution in [0.4, 0.5) is 5.69 Å². The van der Waals surface area contributed by atoms with Gasteiger partial charge in [0.05, 0.1) is 48.3 Å². The number of benzene rings is 2. The molecule has 1 amide bonds. The second kappa shape index (κ2) is 10.0. The van der Waals surface area contributed by atoms with Gasteiger partial charge in [0, 0.05) is 6.07 Å². The van der Waals surface area contributed by atoms with Crippen molar-refractivity contribution in [2.24, 2.45) is 0 Å². The van der Waals surface area contributed by atoms with Crippen molar-refractivity contribution in [1.82, 2.24) is 25.0 Å². The van der Waals surface area contributed by atoms with Gasteiger partial charge in [0.1, 0.15) is 11.5 Å². The van der Waals surface area contributed by atoms with Gasteiger partial charge in [-0.2, -0.15) is 5.10 Å². The molecule has 10 heteroatoms. The number of carbonyl (C=O) groups excluding carboxylic acids is 1. The number of carbonyl (C=O) groups is 1. The molecule has 0 bridgehead atoms. The zero-order valence-electron chi connectivity index (χ0n) is 19.7. The second-order valence-electron chi connectivity index (χ2n) is 7.66. The van der Waals surface area contributed by atoms with Crippen LogP contribution in [0.15, 0.2) is 47.6 Å². The van der Waals surface area contributed by atoms with E-state index in [1.807, 2.05) is 61.9 Å². The number of amides is 1. The van der Waals surface area contributed by atoms with Crippen LogP contribution in [-0.2, 0) is 4.79 Å². The van der Waals surface area contributed by atoms with E-state index in [9.17, 15) is 4.79 Å². The van der Waals surface area contributed by atoms with Gasteiger partial charge in [0.2, 0.25) is 11.1 Å². The number of aromatic nitrogens is 5. The number of aryl methyl sites for hydroxylation is 2. The third kappa shape index (κ3) is 4.91. The molecule has 2 aromatic heterocycles. The van der Waals surface area contributed by atoms with Crippen molar-refractivity contribution < 1.29 is 14.3 Å². The summed E-state index contributed by atoms with van der Waals surface area (Å²) in [5, 5.41) is 15.2. The highest BCUT2D eigenvalue weighted by Gasteiger charge is 2.17. The van der Waals surface area contributed by atoms with Gasteiger partial charge in [-0.15, -0.1) is 5.10 Å². The van der Waals surface area contributed by atoms with E-state index in [2.05, 4.69) is 25.6 Å². The standard InChI is InChI=1S/C24H26N6O3S/c1-14-6-8-17(9-7-14)30-16(3)22(15(2)29-30)25-21(31)13-34-24-26-23(27-28-24)19-11-10-18(32-4)12-20(19)33-5/h6-12H,13H2,1-5H3,(H,25,31)(H,26,27,28). The van der Waals surface area contributed by atoms with Gasteiger partial charge in [0.25, 0.3) is 0 Å². The molecule has 0 aliphatic rings. The van der Waals surface area contributed by atoms with Crippen LogP contribution in [0.25, 0.3) is 17.1 Å². The first-order valence-electron chi connectivity index (χ1n) is 10.6. The van der Waals surface area contributed by atoms with Crippen molar-refractivity contribution in [3.8, 4) is 28.6 Å². The number of nitrogens with zero attached hydrogens (tertiary/aromatic N) is 4. The predicted molar refractivity (Wildman–Crippen MR) is 132 cm³/mol. The van der Waals surface area contributed by atoms with Gasteiger partial charge < -0.3 is 14.8 Å². The molecule has 0 fully saturated rings. The molecule has 34 heavy (non-hydrogen) atoms.